The number of carbonyl (C=O) groups is 1. The zero-order chi connectivity index (χ0) is 19.1. The van der Waals surface area contributed by atoms with E-state index in [1.807, 2.05) is 43.9 Å². The molecule has 0 spiro atoms. The largest absolute Gasteiger partial charge is 0.390 e. The smallest absolute Gasteiger partial charge is 0.260 e. The highest BCUT2D eigenvalue weighted by atomic mass is 127. The Morgan fingerprint density at radius 3 is 2.73 bits per heavy atom. The molecule has 6 heteroatoms. The molecule has 3 rings (SSSR count). The van der Waals surface area contributed by atoms with Crippen LogP contribution in [0.4, 0.5) is 0 Å². The van der Waals surface area contributed by atoms with Gasteiger partial charge in [-0.2, -0.15) is 0 Å². The number of halogens is 1. The van der Waals surface area contributed by atoms with Gasteiger partial charge in [-0.15, -0.1) is 0 Å². The Kier molecular flexibility index (Phi) is 5.44. The topological polar surface area (TPSA) is 66.6 Å². The average Bonchev–Trinajstić information content (AvgIpc) is 3.05. The van der Waals surface area contributed by atoms with Crippen molar-refractivity contribution >= 4 is 28.5 Å². The lowest BCUT2D eigenvalue weighted by Gasteiger charge is -2.43. The molecule has 1 aromatic heterocycles. The average molecular weight is 468 g/mol. The van der Waals surface area contributed by atoms with Crippen molar-refractivity contribution in [3.05, 3.63) is 41.1 Å². The summed E-state index contributed by atoms with van der Waals surface area (Å²) in [5.41, 5.74) is 2.85. The zero-order valence-corrected chi connectivity index (χ0v) is 17.8. The second-order valence-corrected chi connectivity index (χ2v) is 8.92. The predicted octanol–water partition coefficient (Wildman–Crippen LogP) is 4.34. The van der Waals surface area contributed by atoms with Crippen LogP contribution in [0.25, 0.3) is 11.3 Å². The second kappa shape index (κ2) is 7.31. The van der Waals surface area contributed by atoms with Crippen LogP contribution in [0.3, 0.4) is 0 Å². The van der Waals surface area contributed by atoms with Crippen LogP contribution in [0, 0.1) is 19.8 Å². The third-order valence-corrected chi connectivity index (χ3v) is 6.82. The van der Waals surface area contributed by atoms with Gasteiger partial charge in [-0.1, -0.05) is 39.9 Å². The maximum Gasteiger partial charge on any atom is 0.260 e. The van der Waals surface area contributed by atoms with Gasteiger partial charge in [-0.05, 0) is 57.7 Å². The number of aryl methyl sites for hydroxylation is 2. The summed E-state index contributed by atoms with van der Waals surface area (Å²) in [5, 5.41) is 14.3. The molecule has 0 saturated carbocycles. The summed E-state index contributed by atoms with van der Waals surface area (Å²) in [4.78, 5) is 15.1. The maximum absolute atomic E-state index is 13.2. The van der Waals surface area contributed by atoms with Crippen molar-refractivity contribution in [2.45, 2.75) is 50.2 Å². The number of amides is 1. The Bertz CT molecular complexity index is 810. The summed E-state index contributed by atoms with van der Waals surface area (Å²) in [6, 6.07) is 5.99. The summed E-state index contributed by atoms with van der Waals surface area (Å²) in [7, 11) is 0. The molecule has 1 fully saturated rings. The van der Waals surface area contributed by atoms with Gasteiger partial charge in [-0.25, -0.2) is 0 Å². The molecule has 1 aliphatic heterocycles. The molecule has 26 heavy (non-hydrogen) atoms. The number of hydrogen-bond donors (Lipinski definition) is 1. The standard InChI is InChI=1S/C20H25IN2O3/c1-12-7-8-14(10-13(12)2)17-15(11-22-26-17)19(24)23-9-5-6-16(18(23)21)20(3,4)25/h7-8,10-11,16,18,25H,5-6,9H2,1-4H3/t16-,18?/m1/s1. The predicted molar refractivity (Wildman–Crippen MR) is 109 cm³/mol. The second-order valence-electron chi connectivity index (χ2n) is 7.64. The normalized spacial score (nSPS) is 21.1. The molecular weight excluding hydrogens is 443 g/mol. The van der Waals surface area contributed by atoms with Gasteiger partial charge < -0.3 is 14.5 Å². The fourth-order valence-corrected chi connectivity index (χ4v) is 5.27. The summed E-state index contributed by atoms with van der Waals surface area (Å²) in [6.45, 7) is 8.40. The molecule has 140 valence electrons. The summed E-state index contributed by atoms with van der Waals surface area (Å²) in [6.07, 6.45) is 3.29. The third kappa shape index (κ3) is 3.67. The summed E-state index contributed by atoms with van der Waals surface area (Å²) >= 11 is 2.28. The van der Waals surface area contributed by atoms with Gasteiger partial charge in [0.2, 0.25) is 0 Å². The molecule has 0 bridgehead atoms. The van der Waals surface area contributed by atoms with Gasteiger partial charge in [0.25, 0.3) is 5.91 Å². The molecule has 2 atom stereocenters. The van der Waals surface area contributed by atoms with Crippen molar-refractivity contribution in [2.75, 3.05) is 6.54 Å². The van der Waals surface area contributed by atoms with E-state index < -0.39 is 5.60 Å². The van der Waals surface area contributed by atoms with Crippen molar-refractivity contribution in [3.63, 3.8) is 0 Å². The molecule has 0 aliphatic carbocycles. The van der Waals surface area contributed by atoms with E-state index in [4.69, 9.17) is 4.52 Å². The third-order valence-electron chi connectivity index (χ3n) is 5.28. The van der Waals surface area contributed by atoms with E-state index in [9.17, 15) is 9.90 Å². The number of aliphatic hydroxyl groups is 1. The first kappa shape index (κ1) is 19.4. The van der Waals surface area contributed by atoms with E-state index >= 15 is 0 Å². The van der Waals surface area contributed by atoms with Crippen molar-refractivity contribution in [3.8, 4) is 11.3 Å². The van der Waals surface area contributed by atoms with Crippen molar-refractivity contribution in [1.82, 2.24) is 10.1 Å². The Balaban J connectivity index is 1.91. The van der Waals surface area contributed by atoms with Gasteiger partial charge in [0.05, 0.1) is 15.8 Å². The first-order valence-electron chi connectivity index (χ1n) is 8.90. The van der Waals surface area contributed by atoms with Crippen molar-refractivity contribution in [2.24, 2.45) is 5.92 Å². The molecule has 0 radical (unpaired) electrons. The van der Waals surface area contributed by atoms with Crippen LogP contribution < -0.4 is 0 Å². The van der Waals surface area contributed by atoms with Crippen molar-refractivity contribution in [1.29, 1.82) is 0 Å². The molecule has 1 aliphatic rings. The Labute approximate surface area is 167 Å². The van der Waals surface area contributed by atoms with Crippen LogP contribution in [0.1, 0.15) is 48.2 Å². The van der Waals surface area contributed by atoms with Crippen molar-refractivity contribution < 1.29 is 14.4 Å². The fourth-order valence-electron chi connectivity index (χ4n) is 3.50. The number of hydrogen-bond acceptors (Lipinski definition) is 4. The van der Waals surface area contributed by atoms with Crippen LogP contribution in [0.2, 0.25) is 0 Å². The number of nitrogens with zero attached hydrogens (tertiary/aromatic N) is 2. The Hall–Kier alpha value is -1.41. The molecule has 2 heterocycles. The molecule has 2 aromatic rings. The first-order valence-corrected chi connectivity index (χ1v) is 10.1. The highest BCUT2D eigenvalue weighted by Crippen LogP contribution is 2.37. The van der Waals surface area contributed by atoms with E-state index in [0.717, 1.165) is 24.0 Å². The van der Waals surface area contributed by atoms with Gasteiger partial charge in [0.15, 0.2) is 5.76 Å². The lowest BCUT2D eigenvalue weighted by atomic mass is 9.84. The summed E-state index contributed by atoms with van der Waals surface area (Å²) in [5.74, 6) is 0.450. The number of alkyl halides is 1. The Morgan fingerprint density at radius 2 is 2.08 bits per heavy atom. The van der Waals surface area contributed by atoms with Gasteiger partial charge in [-0.3, -0.25) is 4.79 Å². The Morgan fingerprint density at radius 1 is 1.35 bits per heavy atom. The maximum atomic E-state index is 13.2. The number of rotatable bonds is 3. The minimum atomic E-state index is -0.823. The highest BCUT2D eigenvalue weighted by Gasteiger charge is 2.41. The van der Waals surface area contributed by atoms with Crippen LogP contribution in [0.15, 0.2) is 28.9 Å². The summed E-state index contributed by atoms with van der Waals surface area (Å²) < 4.78 is 5.36. The van der Waals surface area contributed by atoms with E-state index in [1.165, 1.54) is 11.8 Å². The van der Waals surface area contributed by atoms with E-state index in [0.29, 0.717) is 17.9 Å². The number of benzene rings is 1. The van der Waals surface area contributed by atoms with Crippen LogP contribution in [0.5, 0.6) is 0 Å². The molecule has 1 amide bonds. The molecule has 1 N–H and O–H groups in total. The first-order chi connectivity index (χ1) is 12.2. The molecule has 1 unspecified atom stereocenters. The van der Waals surface area contributed by atoms with Gasteiger partial charge in [0, 0.05) is 18.0 Å². The van der Waals surface area contributed by atoms with Gasteiger partial charge >= 0.3 is 0 Å². The lowest BCUT2D eigenvalue weighted by Crippen LogP contribution is -2.51. The van der Waals surface area contributed by atoms with Crippen LogP contribution >= 0.6 is 22.6 Å². The van der Waals surface area contributed by atoms with Crippen LogP contribution in [-0.2, 0) is 0 Å². The highest BCUT2D eigenvalue weighted by molar-refractivity contribution is 14.1. The van der Waals surface area contributed by atoms with Gasteiger partial charge in [0.1, 0.15) is 5.56 Å². The number of carbonyl (C=O) groups excluding carboxylic acids is 1. The SMILES string of the molecule is Cc1ccc(-c2oncc2C(=O)N2CCC[C@@H](C(C)(C)O)C2I)cc1C. The monoisotopic (exact) mass is 468 g/mol. The molecular formula is C20H25IN2O3. The minimum absolute atomic E-state index is 0.0331. The van der Waals surface area contributed by atoms with Crippen LogP contribution in [-0.4, -0.2) is 37.3 Å². The lowest BCUT2D eigenvalue weighted by molar-refractivity contribution is -0.0191. The van der Waals surface area contributed by atoms with E-state index in [2.05, 4.69) is 34.7 Å². The number of aromatic nitrogens is 1. The number of piperidine rings is 1. The fraction of sp³-hybridized carbons (Fsp3) is 0.500. The van der Waals surface area contributed by atoms with E-state index in [-0.39, 0.29) is 15.9 Å². The zero-order valence-electron chi connectivity index (χ0n) is 15.6. The molecule has 5 nitrogen and oxygen atoms in total. The minimum Gasteiger partial charge on any atom is -0.390 e. The number of likely N-dealkylation sites (tertiary alicyclic amines) is 1. The quantitative estimate of drug-likeness (QED) is 0.414. The van der Waals surface area contributed by atoms with E-state index in [1.54, 1.807) is 0 Å². The molecule has 1 saturated heterocycles. The molecule has 1 aromatic carbocycles.